The molecule has 0 saturated heterocycles. The third kappa shape index (κ3) is 2.85. The standard InChI is InChI=1S/C22H19N3O2/c26-22-21-18(16-9-12-27-14-16)7-10-23-20(21)13-25(22)11-8-17-6-5-15-3-1-2-4-19(15)24-17/h1-7,10,14H,8-9,11-13H2. The fourth-order valence-corrected chi connectivity index (χ4v) is 3.80. The number of rotatable bonds is 4. The normalized spacial score (nSPS) is 15.8. The molecule has 0 fully saturated rings. The number of hydrogen-bond donors (Lipinski definition) is 0. The maximum Gasteiger partial charge on any atom is 0.256 e. The summed E-state index contributed by atoms with van der Waals surface area (Å²) in [5.41, 5.74) is 5.63. The molecule has 0 atom stereocenters. The summed E-state index contributed by atoms with van der Waals surface area (Å²) >= 11 is 0. The molecule has 2 aromatic heterocycles. The van der Waals surface area contributed by atoms with Gasteiger partial charge in [-0.1, -0.05) is 24.3 Å². The van der Waals surface area contributed by atoms with Crippen molar-refractivity contribution in [2.45, 2.75) is 19.4 Å². The number of fused-ring (bicyclic) bond motifs is 2. The van der Waals surface area contributed by atoms with Gasteiger partial charge in [0.2, 0.25) is 0 Å². The highest BCUT2D eigenvalue weighted by molar-refractivity contribution is 6.02. The van der Waals surface area contributed by atoms with Crippen LogP contribution in [-0.2, 0) is 17.7 Å². The summed E-state index contributed by atoms with van der Waals surface area (Å²) in [7, 11) is 0. The van der Waals surface area contributed by atoms with E-state index in [0.29, 0.717) is 19.7 Å². The fourth-order valence-electron chi connectivity index (χ4n) is 3.80. The van der Waals surface area contributed by atoms with Crippen molar-refractivity contribution in [2.24, 2.45) is 0 Å². The van der Waals surface area contributed by atoms with E-state index in [-0.39, 0.29) is 5.91 Å². The van der Waals surface area contributed by atoms with Crippen molar-refractivity contribution in [3.63, 3.8) is 0 Å². The van der Waals surface area contributed by atoms with Crippen LogP contribution in [0.1, 0.15) is 33.7 Å². The van der Waals surface area contributed by atoms with Gasteiger partial charge in [0, 0.05) is 36.7 Å². The fraction of sp³-hybridized carbons (Fsp3) is 0.227. The molecule has 2 aliphatic heterocycles. The van der Waals surface area contributed by atoms with Crippen LogP contribution in [0.2, 0.25) is 0 Å². The summed E-state index contributed by atoms with van der Waals surface area (Å²) in [6.07, 6.45) is 5.12. The van der Waals surface area contributed by atoms with Crippen molar-refractivity contribution in [1.82, 2.24) is 14.9 Å². The van der Waals surface area contributed by atoms with E-state index in [2.05, 4.69) is 17.1 Å². The molecule has 134 valence electrons. The van der Waals surface area contributed by atoms with Gasteiger partial charge in [-0.25, -0.2) is 0 Å². The van der Waals surface area contributed by atoms with E-state index in [9.17, 15) is 4.79 Å². The maximum atomic E-state index is 13.0. The van der Waals surface area contributed by atoms with Gasteiger partial charge in [-0.05, 0) is 29.3 Å². The second kappa shape index (κ2) is 6.50. The number of para-hydroxylation sites is 1. The third-order valence-corrected chi connectivity index (χ3v) is 5.23. The molecule has 2 aliphatic rings. The Morgan fingerprint density at radius 1 is 1.11 bits per heavy atom. The lowest BCUT2D eigenvalue weighted by atomic mass is 9.99. The zero-order chi connectivity index (χ0) is 18.2. The van der Waals surface area contributed by atoms with E-state index in [1.54, 1.807) is 12.5 Å². The average molecular weight is 357 g/mol. The average Bonchev–Trinajstić information content (AvgIpc) is 3.35. The second-order valence-corrected chi connectivity index (χ2v) is 6.92. The van der Waals surface area contributed by atoms with Crippen molar-refractivity contribution in [2.75, 3.05) is 13.2 Å². The highest BCUT2D eigenvalue weighted by Crippen LogP contribution is 2.32. The number of ether oxygens (including phenoxy) is 1. The zero-order valence-corrected chi connectivity index (χ0v) is 14.9. The number of aromatic nitrogens is 2. The van der Waals surface area contributed by atoms with Gasteiger partial charge in [0.05, 0.1) is 36.2 Å². The Morgan fingerprint density at radius 2 is 2.04 bits per heavy atom. The number of nitrogens with zero attached hydrogens (tertiary/aromatic N) is 3. The molecular weight excluding hydrogens is 338 g/mol. The predicted octanol–water partition coefficient (Wildman–Crippen LogP) is 3.59. The monoisotopic (exact) mass is 357 g/mol. The van der Waals surface area contributed by atoms with Crippen LogP contribution in [0.5, 0.6) is 0 Å². The first kappa shape index (κ1) is 16.0. The summed E-state index contributed by atoms with van der Waals surface area (Å²) in [4.78, 5) is 24.0. The van der Waals surface area contributed by atoms with Crippen LogP contribution in [0.4, 0.5) is 0 Å². The number of carbonyl (C=O) groups is 1. The smallest absolute Gasteiger partial charge is 0.256 e. The predicted molar refractivity (Wildman–Crippen MR) is 103 cm³/mol. The Labute approximate surface area is 157 Å². The summed E-state index contributed by atoms with van der Waals surface area (Å²) in [5.74, 6) is 0.0571. The molecule has 0 radical (unpaired) electrons. The third-order valence-electron chi connectivity index (χ3n) is 5.23. The van der Waals surface area contributed by atoms with Crippen LogP contribution in [-0.4, -0.2) is 33.9 Å². The van der Waals surface area contributed by atoms with E-state index < -0.39 is 0 Å². The number of carbonyl (C=O) groups excluding carboxylic acids is 1. The molecule has 0 N–H and O–H groups in total. The number of pyridine rings is 2. The van der Waals surface area contributed by atoms with Crippen molar-refractivity contribution in [1.29, 1.82) is 0 Å². The molecule has 0 spiro atoms. The van der Waals surface area contributed by atoms with Crippen LogP contribution in [0.25, 0.3) is 16.5 Å². The first-order valence-electron chi connectivity index (χ1n) is 9.22. The number of hydrogen-bond acceptors (Lipinski definition) is 4. The molecule has 0 unspecified atom stereocenters. The van der Waals surface area contributed by atoms with E-state index >= 15 is 0 Å². The van der Waals surface area contributed by atoms with Crippen LogP contribution in [0, 0.1) is 0 Å². The summed E-state index contributed by atoms with van der Waals surface area (Å²) < 4.78 is 5.36. The van der Waals surface area contributed by atoms with Gasteiger partial charge in [-0.15, -0.1) is 0 Å². The lowest BCUT2D eigenvalue weighted by Gasteiger charge is -2.15. The minimum absolute atomic E-state index is 0.0571. The molecule has 5 rings (SSSR count). The highest BCUT2D eigenvalue weighted by atomic mass is 16.5. The van der Waals surface area contributed by atoms with E-state index in [0.717, 1.165) is 51.8 Å². The Morgan fingerprint density at radius 3 is 2.93 bits per heavy atom. The Balaban J connectivity index is 1.36. The first-order chi connectivity index (χ1) is 13.3. The minimum atomic E-state index is 0.0571. The van der Waals surface area contributed by atoms with Crippen molar-refractivity contribution < 1.29 is 9.53 Å². The molecule has 1 amide bonds. The van der Waals surface area contributed by atoms with Gasteiger partial charge in [-0.2, -0.15) is 0 Å². The molecule has 0 saturated carbocycles. The van der Waals surface area contributed by atoms with Gasteiger partial charge >= 0.3 is 0 Å². The van der Waals surface area contributed by atoms with E-state index in [1.165, 1.54) is 0 Å². The molecule has 0 aliphatic carbocycles. The maximum absolute atomic E-state index is 13.0. The van der Waals surface area contributed by atoms with E-state index in [1.807, 2.05) is 35.2 Å². The molecule has 5 heteroatoms. The number of amides is 1. The lowest BCUT2D eigenvalue weighted by Crippen LogP contribution is -2.26. The van der Waals surface area contributed by atoms with Crippen molar-refractivity contribution in [3.8, 4) is 0 Å². The summed E-state index contributed by atoms with van der Waals surface area (Å²) in [5, 5.41) is 1.13. The van der Waals surface area contributed by atoms with Gasteiger partial charge in [-0.3, -0.25) is 14.8 Å². The quantitative estimate of drug-likeness (QED) is 0.716. The van der Waals surface area contributed by atoms with Crippen molar-refractivity contribution in [3.05, 3.63) is 77.4 Å². The molecule has 1 aromatic carbocycles. The molecular formula is C22H19N3O2. The SMILES string of the molecule is O=C1c2c(C3=COCC3)ccnc2CN1CCc1ccc2ccccc2n1. The molecule has 4 heterocycles. The minimum Gasteiger partial charge on any atom is -0.501 e. The highest BCUT2D eigenvalue weighted by Gasteiger charge is 2.32. The Bertz CT molecular complexity index is 1070. The zero-order valence-electron chi connectivity index (χ0n) is 14.9. The van der Waals surface area contributed by atoms with Crippen molar-refractivity contribution >= 4 is 22.4 Å². The molecule has 3 aromatic rings. The Kier molecular flexibility index (Phi) is 3.85. The topological polar surface area (TPSA) is 55.3 Å². The van der Waals surface area contributed by atoms with Gasteiger partial charge < -0.3 is 9.64 Å². The first-order valence-corrected chi connectivity index (χ1v) is 9.22. The van der Waals surface area contributed by atoms with Gasteiger partial charge in [0.1, 0.15) is 0 Å². The lowest BCUT2D eigenvalue weighted by molar-refractivity contribution is 0.0779. The molecule has 0 bridgehead atoms. The molecule has 27 heavy (non-hydrogen) atoms. The van der Waals surface area contributed by atoms with Crippen LogP contribution in [0.15, 0.2) is 54.9 Å². The largest absolute Gasteiger partial charge is 0.501 e. The van der Waals surface area contributed by atoms with Gasteiger partial charge in [0.25, 0.3) is 5.91 Å². The van der Waals surface area contributed by atoms with Crippen LogP contribution < -0.4 is 0 Å². The second-order valence-electron chi connectivity index (χ2n) is 6.92. The Hall–Kier alpha value is -3.21. The number of benzene rings is 1. The summed E-state index contributed by atoms with van der Waals surface area (Å²) in [6, 6.07) is 14.1. The van der Waals surface area contributed by atoms with Crippen LogP contribution >= 0.6 is 0 Å². The van der Waals surface area contributed by atoms with Crippen LogP contribution in [0.3, 0.4) is 0 Å². The van der Waals surface area contributed by atoms with E-state index in [4.69, 9.17) is 9.72 Å². The summed E-state index contributed by atoms with van der Waals surface area (Å²) in [6.45, 7) is 1.87. The van der Waals surface area contributed by atoms with Gasteiger partial charge in [0.15, 0.2) is 0 Å². The molecule has 5 nitrogen and oxygen atoms in total.